The summed E-state index contributed by atoms with van der Waals surface area (Å²) in [6.45, 7) is 2.81. The summed E-state index contributed by atoms with van der Waals surface area (Å²) in [7, 11) is 0. The Balaban J connectivity index is 2.43. The van der Waals surface area contributed by atoms with Gasteiger partial charge in [-0.3, -0.25) is 9.59 Å². The fourth-order valence-electron chi connectivity index (χ4n) is 2.35. The van der Waals surface area contributed by atoms with E-state index in [0.717, 1.165) is 25.7 Å². The summed E-state index contributed by atoms with van der Waals surface area (Å²) in [5, 5.41) is 2.83. The minimum atomic E-state index is -0.475. The van der Waals surface area contributed by atoms with Crippen molar-refractivity contribution in [1.82, 2.24) is 0 Å². The van der Waals surface area contributed by atoms with Crippen LogP contribution in [0, 0.1) is 5.92 Å². The number of nitrogens with two attached hydrogens (primary N) is 2. The molecule has 0 bridgehead atoms. The van der Waals surface area contributed by atoms with Gasteiger partial charge in [0.25, 0.3) is 0 Å². The van der Waals surface area contributed by atoms with Crippen LogP contribution in [0.2, 0.25) is 0 Å². The Hall–Kier alpha value is -1.88. The SMILES string of the molecule is CCCC(CCN)CCC(=O)Nc1ccc(C(N)=O)cc1. The highest BCUT2D eigenvalue weighted by Crippen LogP contribution is 2.18. The number of amides is 2. The van der Waals surface area contributed by atoms with Crippen molar-refractivity contribution in [3.63, 3.8) is 0 Å². The molecule has 0 radical (unpaired) electrons. The largest absolute Gasteiger partial charge is 0.366 e. The van der Waals surface area contributed by atoms with E-state index in [0.29, 0.717) is 30.1 Å². The van der Waals surface area contributed by atoms with Crippen LogP contribution < -0.4 is 16.8 Å². The monoisotopic (exact) mass is 291 g/mol. The van der Waals surface area contributed by atoms with E-state index in [1.165, 1.54) is 0 Å². The third-order valence-electron chi connectivity index (χ3n) is 3.50. The molecule has 0 spiro atoms. The van der Waals surface area contributed by atoms with Crippen molar-refractivity contribution >= 4 is 17.5 Å². The van der Waals surface area contributed by atoms with E-state index in [4.69, 9.17) is 11.5 Å². The van der Waals surface area contributed by atoms with E-state index in [2.05, 4.69) is 12.2 Å². The first-order chi connectivity index (χ1) is 10.1. The van der Waals surface area contributed by atoms with E-state index < -0.39 is 5.91 Å². The lowest BCUT2D eigenvalue weighted by molar-refractivity contribution is -0.116. The number of hydrogen-bond donors (Lipinski definition) is 3. The van der Waals surface area contributed by atoms with Gasteiger partial charge in [-0.15, -0.1) is 0 Å². The molecule has 0 fully saturated rings. The predicted molar refractivity (Wildman–Crippen MR) is 84.9 cm³/mol. The summed E-state index contributed by atoms with van der Waals surface area (Å²) in [4.78, 5) is 22.9. The van der Waals surface area contributed by atoms with Crippen LogP contribution in [0.3, 0.4) is 0 Å². The molecule has 0 aliphatic carbocycles. The molecular formula is C16H25N3O2. The van der Waals surface area contributed by atoms with E-state index in [-0.39, 0.29) is 5.91 Å². The molecule has 1 rings (SSSR count). The average Bonchev–Trinajstić information content (AvgIpc) is 2.46. The second-order valence-corrected chi connectivity index (χ2v) is 5.26. The molecule has 1 unspecified atom stereocenters. The molecule has 0 aromatic heterocycles. The van der Waals surface area contributed by atoms with Crippen LogP contribution in [-0.2, 0) is 4.79 Å². The molecule has 5 heteroatoms. The molecule has 0 aliphatic heterocycles. The van der Waals surface area contributed by atoms with Gasteiger partial charge >= 0.3 is 0 Å². The summed E-state index contributed by atoms with van der Waals surface area (Å²) >= 11 is 0. The highest BCUT2D eigenvalue weighted by atomic mass is 16.1. The van der Waals surface area contributed by atoms with Gasteiger partial charge in [-0.1, -0.05) is 19.8 Å². The Morgan fingerprint density at radius 3 is 2.33 bits per heavy atom. The zero-order chi connectivity index (χ0) is 15.7. The van der Waals surface area contributed by atoms with E-state index in [1.807, 2.05) is 0 Å². The summed E-state index contributed by atoms with van der Waals surface area (Å²) in [6, 6.07) is 6.57. The third-order valence-corrected chi connectivity index (χ3v) is 3.50. The molecule has 1 aromatic rings. The summed E-state index contributed by atoms with van der Waals surface area (Å²) in [5.41, 5.74) is 11.9. The van der Waals surface area contributed by atoms with Crippen LogP contribution in [0.15, 0.2) is 24.3 Å². The zero-order valence-corrected chi connectivity index (χ0v) is 12.6. The number of anilines is 1. The number of benzene rings is 1. The minimum absolute atomic E-state index is 0.0139. The minimum Gasteiger partial charge on any atom is -0.366 e. The summed E-state index contributed by atoms with van der Waals surface area (Å²) in [5.74, 6) is 0.0278. The predicted octanol–water partition coefficient (Wildman–Crippen LogP) is 2.27. The van der Waals surface area contributed by atoms with Gasteiger partial charge in [0, 0.05) is 17.7 Å². The maximum absolute atomic E-state index is 11.9. The van der Waals surface area contributed by atoms with Crippen LogP contribution >= 0.6 is 0 Å². The van der Waals surface area contributed by atoms with Crippen molar-refractivity contribution in [2.75, 3.05) is 11.9 Å². The number of hydrogen-bond acceptors (Lipinski definition) is 3. The molecule has 116 valence electrons. The number of nitrogens with one attached hydrogen (secondary N) is 1. The molecule has 1 atom stereocenters. The smallest absolute Gasteiger partial charge is 0.248 e. The second kappa shape index (κ2) is 9.13. The fraction of sp³-hybridized carbons (Fsp3) is 0.500. The number of primary amides is 1. The van der Waals surface area contributed by atoms with E-state index in [9.17, 15) is 9.59 Å². The maximum Gasteiger partial charge on any atom is 0.248 e. The van der Waals surface area contributed by atoms with Gasteiger partial charge in [0.1, 0.15) is 0 Å². The van der Waals surface area contributed by atoms with Gasteiger partial charge in [0.2, 0.25) is 11.8 Å². The lowest BCUT2D eigenvalue weighted by Crippen LogP contribution is -2.15. The van der Waals surface area contributed by atoms with Crippen LogP contribution in [0.1, 0.15) is 49.4 Å². The van der Waals surface area contributed by atoms with Crippen molar-refractivity contribution in [3.8, 4) is 0 Å². The van der Waals surface area contributed by atoms with E-state index >= 15 is 0 Å². The Morgan fingerprint density at radius 1 is 1.14 bits per heavy atom. The Morgan fingerprint density at radius 2 is 1.81 bits per heavy atom. The number of carbonyl (C=O) groups excluding carboxylic acids is 2. The van der Waals surface area contributed by atoms with Gasteiger partial charge in [-0.05, 0) is 49.6 Å². The molecular weight excluding hydrogens is 266 g/mol. The van der Waals surface area contributed by atoms with Crippen LogP contribution in [-0.4, -0.2) is 18.4 Å². The summed E-state index contributed by atoms with van der Waals surface area (Å²) < 4.78 is 0. The standard InChI is InChI=1S/C16H25N3O2/c1-2-3-12(10-11-17)4-9-15(20)19-14-7-5-13(6-8-14)16(18)21/h5-8,12H,2-4,9-11,17H2,1H3,(H2,18,21)(H,19,20). The van der Waals surface area contributed by atoms with Crippen LogP contribution in [0.4, 0.5) is 5.69 Å². The fourth-order valence-corrected chi connectivity index (χ4v) is 2.35. The Kier molecular flexibility index (Phi) is 7.46. The van der Waals surface area contributed by atoms with Crippen molar-refractivity contribution in [3.05, 3.63) is 29.8 Å². The first kappa shape index (κ1) is 17.2. The van der Waals surface area contributed by atoms with Crippen molar-refractivity contribution in [2.24, 2.45) is 17.4 Å². The molecule has 0 heterocycles. The first-order valence-corrected chi connectivity index (χ1v) is 7.46. The van der Waals surface area contributed by atoms with Gasteiger partial charge in [0.15, 0.2) is 0 Å². The van der Waals surface area contributed by atoms with Crippen molar-refractivity contribution in [2.45, 2.75) is 39.0 Å². The topological polar surface area (TPSA) is 98.2 Å². The second-order valence-electron chi connectivity index (χ2n) is 5.26. The Bertz CT molecular complexity index is 451. The van der Waals surface area contributed by atoms with E-state index in [1.54, 1.807) is 24.3 Å². The lowest BCUT2D eigenvalue weighted by Gasteiger charge is -2.14. The summed E-state index contributed by atoms with van der Waals surface area (Å²) in [6.07, 6.45) is 4.53. The van der Waals surface area contributed by atoms with Gasteiger partial charge < -0.3 is 16.8 Å². The number of carbonyl (C=O) groups is 2. The quantitative estimate of drug-likeness (QED) is 0.651. The van der Waals surface area contributed by atoms with Crippen LogP contribution in [0.5, 0.6) is 0 Å². The molecule has 0 aliphatic rings. The molecule has 5 N–H and O–H groups in total. The maximum atomic E-state index is 11.9. The third kappa shape index (κ3) is 6.40. The van der Waals surface area contributed by atoms with Crippen molar-refractivity contribution in [1.29, 1.82) is 0 Å². The Labute approximate surface area is 126 Å². The van der Waals surface area contributed by atoms with Gasteiger partial charge in [-0.2, -0.15) is 0 Å². The highest BCUT2D eigenvalue weighted by Gasteiger charge is 2.10. The average molecular weight is 291 g/mol. The van der Waals surface area contributed by atoms with Gasteiger partial charge in [-0.25, -0.2) is 0 Å². The zero-order valence-electron chi connectivity index (χ0n) is 12.6. The molecule has 21 heavy (non-hydrogen) atoms. The molecule has 0 saturated heterocycles. The number of rotatable bonds is 9. The molecule has 1 aromatic carbocycles. The first-order valence-electron chi connectivity index (χ1n) is 7.46. The van der Waals surface area contributed by atoms with Crippen molar-refractivity contribution < 1.29 is 9.59 Å². The normalized spacial score (nSPS) is 11.9. The molecule has 0 saturated carbocycles. The molecule has 2 amide bonds. The van der Waals surface area contributed by atoms with Gasteiger partial charge in [0.05, 0.1) is 0 Å². The lowest BCUT2D eigenvalue weighted by atomic mass is 9.94. The van der Waals surface area contributed by atoms with Crippen LogP contribution in [0.25, 0.3) is 0 Å². The highest BCUT2D eigenvalue weighted by molar-refractivity contribution is 5.94. The molecule has 5 nitrogen and oxygen atoms in total.